The van der Waals surface area contributed by atoms with Crippen molar-refractivity contribution in [1.29, 1.82) is 0 Å². The van der Waals surface area contributed by atoms with Crippen molar-refractivity contribution in [2.75, 3.05) is 36.0 Å². The van der Waals surface area contributed by atoms with Gasteiger partial charge in [0.25, 0.3) is 5.56 Å². The molecular weight excluding hydrogens is 403 g/mol. The maximum absolute atomic E-state index is 13.2. The van der Waals surface area contributed by atoms with Crippen LogP contribution in [0.3, 0.4) is 0 Å². The minimum atomic E-state index is -0.358. The Hall–Kier alpha value is -2.35. The van der Waals surface area contributed by atoms with E-state index in [9.17, 15) is 14.0 Å². The summed E-state index contributed by atoms with van der Waals surface area (Å²) in [6, 6.07) is 8.86. The number of hydrogen-bond donors (Lipinski definition) is 1. The molecule has 30 heavy (non-hydrogen) atoms. The van der Waals surface area contributed by atoms with Crippen molar-refractivity contribution in [1.82, 2.24) is 15.1 Å². The molecule has 1 aromatic carbocycles. The summed E-state index contributed by atoms with van der Waals surface area (Å²) >= 11 is 1.93. The first-order valence-corrected chi connectivity index (χ1v) is 11.7. The van der Waals surface area contributed by atoms with Crippen LogP contribution < -0.4 is 15.8 Å². The summed E-state index contributed by atoms with van der Waals surface area (Å²) in [4.78, 5) is 26.7. The number of amides is 1. The van der Waals surface area contributed by atoms with Crippen LogP contribution >= 0.6 is 11.8 Å². The molecule has 0 spiro atoms. The van der Waals surface area contributed by atoms with Gasteiger partial charge in [0.1, 0.15) is 11.6 Å². The van der Waals surface area contributed by atoms with E-state index in [-0.39, 0.29) is 23.2 Å². The third kappa shape index (κ3) is 6.08. The molecule has 1 saturated heterocycles. The predicted molar refractivity (Wildman–Crippen MR) is 120 cm³/mol. The molecular formula is C22H29FN4O2S. The highest BCUT2D eigenvalue weighted by Crippen LogP contribution is 2.22. The number of rotatable bonds is 9. The van der Waals surface area contributed by atoms with E-state index in [2.05, 4.69) is 22.2 Å². The Kier molecular flexibility index (Phi) is 8.30. The average molecular weight is 433 g/mol. The van der Waals surface area contributed by atoms with Gasteiger partial charge in [0.05, 0.1) is 5.69 Å². The Morgan fingerprint density at radius 1 is 1.17 bits per heavy atom. The van der Waals surface area contributed by atoms with Gasteiger partial charge in [-0.05, 0) is 67.5 Å². The zero-order valence-electron chi connectivity index (χ0n) is 17.3. The van der Waals surface area contributed by atoms with E-state index >= 15 is 0 Å². The van der Waals surface area contributed by atoms with Crippen LogP contribution in [0.2, 0.25) is 0 Å². The molecule has 0 atom stereocenters. The largest absolute Gasteiger partial charge is 0.356 e. The number of anilines is 1. The number of carbonyl (C=O) groups is 1. The van der Waals surface area contributed by atoms with Gasteiger partial charge in [0.15, 0.2) is 0 Å². The van der Waals surface area contributed by atoms with E-state index < -0.39 is 0 Å². The molecule has 8 heteroatoms. The molecule has 1 N–H and O–H groups in total. The van der Waals surface area contributed by atoms with Crippen molar-refractivity contribution < 1.29 is 9.18 Å². The van der Waals surface area contributed by atoms with E-state index in [4.69, 9.17) is 0 Å². The Bertz CT molecular complexity index is 879. The standard InChI is InChI=1S/C22H29FN4O2S/c1-2-15-30-16-3-12-24-22(29)17-10-13-26(14-11-17)20-8-9-21(28)27(25-20)19-6-4-18(23)5-7-19/h4-9,17H,2-3,10-16H2,1H3,(H,24,29). The van der Waals surface area contributed by atoms with Gasteiger partial charge < -0.3 is 10.2 Å². The quantitative estimate of drug-likeness (QED) is 0.616. The molecule has 3 rings (SSSR count). The first kappa shape index (κ1) is 22.3. The summed E-state index contributed by atoms with van der Waals surface area (Å²) in [7, 11) is 0. The van der Waals surface area contributed by atoms with E-state index in [1.807, 2.05) is 11.8 Å². The molecule has 1 fully saturated rings. The Morgan fingerprint density at radius 2 is 1.90 bits per heavy atom. The fraction of sp³-hybridized carbons (Fsp3) is 0.500. The SMILES string of the molecule is CCCSCCCNC(=O)C1CCN(c2ccc(=O)n(-c3ccc(F)cc3)n2)CC1. The lowest BCUT2D eigenvalue weighted by Crippen LogP contribution is -2.41. The summed E-state index contributed by atoms with van der Waals surface area (Å²) in [5.74, 6) is 2.75. The molecule has 2 heterocycles. The number of halogens is 1. The van der Waals surface area contributed by atoms with Crippen LogP contribution in [0, 0.1) is 11.7 Å². The van der Waals surface area contributed by atoms with E-state index in [0.29, 0.717) is 24.6 Å². The van der Waals surface area contributed by atoms with Crippen molar-refractivity contribution in [2.45, 2.75) is 32.6 Å². The first-order valence-electron chi connectivity index (χ1n) is 10.5. The number of nitrogens with one attached hydrogen (secondary N) is 1. The van der Waals surface area contributed by atoms with Crippen LogP contribution in [-0.4, -0.2) is 46.8 Å². The molecule has 0 radical (unpaired) electrons. The maximum atomic E-state index is 13.2. The molecule has 1 amide bonds. The second-order valence-corrected chi connectivity index (χ2v) is 8.66. The van der Waals surface area contributed by atoms with E-state index in [1.165, 1.54) is 47.2 Å². The van der Waals surface area contributed by atoms with Gasteiger partial charge in [0, 0.05) is 31.6 Å². The van der Waals surface area contributed by atoms with Crippen molar-refractivity contribution in [3.8, 4) is 5.69 Å². The zero-order chi connectivity index (χ0) is 21.3. The second kappa shape index (κ2) is 11.2. The molecule has 162 valence electrons. The fourth-order valence-electron chi connectivity index (χ4n) is 3.48. The van der Waals surface area contributed by atoms with Gasteiger partial charge in [-0.1, -0.05) is 6.92 Å². The van der Waals surface area contributed by atoms with Gasteiger partial charge in [-0.15, -0.1) is 5.10 Å². The lowest BCUT2D eigenvalue weighted by Gasteiger charge is -2.32. The van der Waals surface area contributed by atoms with Crippen LogP contribution in [0.4, 0.5) is 10.2 Å². The molecule has 0 saturated carbocycles. The van der Waals surface area contributed by atoms with Crippen LogP contribution in [0.5, 0.6) is 0 Å². The first-order chi connectivity index (χ1) is 14.6. The van der Waals surface area contributed by atoms with Crippen molar-refractivity contribution >= 4 is 23.5 Å². The van der Waals surface area contributed by atoms with E-state index in [0.717, 1.165) is 31.6 Å². The normalized spacial score (nSPS) is 14.7. The van der Waals surface area contributed by atoms with Crippen LogP contribution in [0.15, 0.2) is 41.2 Å². The number of carbonyl (C=O) groups excluding carboxylic acids is 1. The van der Waals surface area contributed by atoms with Crippen LogP contribution in [0.25, 0.3) is 5.69 Å². The number of benzene rings is 1. The molecule has 2 aromatic rings. The molecule has 0 aliphatic carbocycles. The summed E-state index contributed by atoms with van der Waals surface area (Å²) in [5.41, 5.74) is 0.256. The van der Waals surface area contributed by atoms with Gasteiger partial charge in [-0.25, -0.2) is 4.39 Å². The number of nitrogens with zero attached hydrogens (tertiary/aromatic N) is 3. The topological polar surface area (TPSA) is 67.2 Å². The Labute approximate surface area is 180 Å². The summed E-state index contributed by atoms with van der Waals surface area (Å²) in [6.45, 7) is 4.33. The molecule has 0 bridgehead atoms. The fourth-order valence-corrected chi connectivity index (χ4v) is 4.33. The van der Waals surface area contributed by atoms with Crippen LogP contribution in [0.1, 0.15) is 32.6 Å². The van der Waals surface area contributed by atoms with E-state index in [1.54, 1.807) is 6.07 Å². The zero-order valence-corrected chi connectivity index (χ0v) is 18.2. The number of hydrogen-bond acceptors (Lipinski definition) is 5. The third-order valence-electron chi connectivity index (χ3n) is 5.16. The number of piperidine rings is 1. The lowest BCUT2D eigenvalue weighted by molar-refractivity contribution is -0.125. The van der Waals surface area contributed by atoms with Crippen molar-refractivity contribution in [2.24, 2.45) is 5.92 Å². The maximum Gasteiger partial charge on any atom is 0.271 e. The molecule has 1 aliphatic rings. The minimum absolute atomic E-state index is 0.0209. The monoisotopic (exact) mass is 432 g/mol. The minimum Gasteiger partial charge on any atom is -0.356 e. The molecule has 6 nitrogen and oxygen atoms in total. The van der Waals surface area contributed by atoms with Gasteiger partial charge in [-0.2, -0.15) is 16.4 Å². The molecule has 1 aliphatic heterocycles. The third-order valence-corrected chi connectivity index (χ3v) is 6.43. The lowest BCUT2D eigenvalue weighted by atomic mass is 9.96. The highest BCUT2D eigenvalue weighted by Gasteiger charge is 2.25. The summed E-state index contributed by atoms with van der Waals surface area (Å²) in [6.07, 6.45) is 3.71. The molecule has 1 aromatic heterocycles. The highest BCUT2D eigenvalue weighted by molar-refractivity contribution is 7.99. The number of thioether (sulfide) groups is 1. The smallest absolute Gasteiger partial charge is 0.271 e. The summed E-state index contributed by atoms with van der Waals surface area (Å²) < 4.78 is 14.5. The van der Waals surface area contributed by atoms with Gasteiger partial charge in [-0.3, -0.25) is 9.59 Å². The second-order valence-electron chi connectivity index (χ2n) is 7.44. The van der Waals surface area contributed by atoms with Gasteiger partial charge >= 0.3 is 0 Å². The van der Waals surface area contributed by atoms with Crippen LogP contribution in [-0.2, 0) is 4.79 Å². The summed E-state index contributed by atoms with van der Waals surface area (Å²) in [5, 5.41) is 7.52. The Morgan fingerprint density at radius 3 is 2.60 bits per heavy atom. The average Bonchev–Trinajstić information content (AvgIpc) is 2.77. The molecule has 0 unspecified atom stereocenters. The highest BCUT2D eigenvalue weighted by atomic mass is 32.2. The number of aromatic nitrogens is 2. The van der Waals surface area contributed by atoms with Crippen molar-refractivity contribution in [3.05, 3.63) is 52.6 Å². The van der Waals surface area contributed by atoms with Crippen molar-refractivity contribution in [3.63, 3.8) is 0 Å². The van der Waals surface area contributed by atoms with Gasteiger partial charge in [0.2, 0.25) is 5.91 Å². The Balaban J connectivity index is 1.52. The predicted octanol–water partition coefficient (Wildman–Crippen LogP) is 3.24.